The van der Waals surface area contributed by atoms with Crippen LogP contribution in [0, 0.1) is 5.92 Å². The molecule has 13 heteroatoms. The van der Waals surface area contributed by atoms with E-state index in [1.54, 1.807) is 14.4 Å². The molecule has 1 atom stereocenters. The summed E-state index contributed by atoms with van der Waals surface area (Å²) in [7, 11) is 1.38. The smallest absolute Gasteiger partial charge is 0.386 e. The van der Waals surface area contributed by atoms with Gasteiger partial charge in [-0.25, -0.2) is 4.79 Å². The van der Waals surface area contributed by atoms with E-state index < -0.39 is 17.7 Å². The average Bonchev–Trinajstić information content (AvgIpc) is 3.71. The van der Waals surface area contributed by atoms with E-state index in [1.165, 1.54) is 26.0 Å². The van der Waals surface area contributed by atoms with Gasteiger partial charge in [-0.2, -0.15) is 13.2 Å². The average molecular weight is 675 g/mol. The zero-order valence-corrected chi connectivity index (χ0v) is 27.4. The molecule has 0 unspecified atom stereocenters. The molecule has 0 bridgehead atoms. The monoisotopic (exact) mass is 674 g/mol. The number of imidazole rings is 1. The molecule has 3 aliphatic rings. The number of alkyl halides is 3. The number of aromatic nitrogens is 2. The molecule has 9 nitrogen and oxygen atoms in total. The van der Waals surface area contributed by atoms with E-state index in [1.807, 2.05) is 24.3 Å². The standard InChI is InChI=1S/C34H42ClF3N6O3/c1-39-31-26(34(36,37)38)19-22(20-27(31)35)18-23(32(46)43-16-8-24(9-17-43)41-12-4-5-13-41)21-30(45)42-14-10-25(11-15-42)44-29-7-3-2-6-28(29)40-33(44)47/h2-3,6-7,19-20,23-25,39H,4-5,8-18,21H2,1H3,(H,40,47)/t23-/m0/s1. The summed E-state index contributed by atoms with van der Waals surface area (Å²) in [4.78, 5) is 49.4. The van der Waals surface area contributed by atoms with E-state index in [9.17, 15) is 27.6 Å². The van der Waals surface area contributed by atoms with Gasteiger partial charge in [0, 0.05) is 51.7 Å². The lowest BCUT2D eigenvalue weighted by Gasteiger charge is -2.38. The third-order valence-electron chi connectivity index (χ3n) is 10.2. The van der Waals surface area contributed by atoms with Gasteiger partial charge in [0.2, 0.25) is 11.8 Å². The van der Waals surface area contributed by atoms with Crippen LogP contribution in [0.3, 0.4) is 0 Å². The van der Waals surface area contributed by atoms with Crippen molar-refractivity contribution in [2.45, 2.75) is 69.6 Å². The summed E-state index contributed by atoms with van der Waals surface area (Å²) in [5.74, 6) is -1.26. The number of carbonyl (C=O) groups is 2. The van der Waals surface area contributed by atoms with Crippen molar-refractivity contribution in [1.82, 2.24) is 24.3 Å². The predicted molar refractivity (Wildman–Crippen MR) is 176 cm³/mol. The van der Waals surface area contributed by atoms with E-state index in [0.717, 1.165) is 43.0 Å². The summed E-state index contributed by atoms with van der Waals surface area (Å²) in [5, 5.41) is 2.45. The molecule has 2 amide bonds. The largest absolute Gasteiger partial charge is 0.418 e. The van der Waals surface area contributed by atoms with Crippen molar-refractivity contribution in [2.75, 3.05) is 51.6 Å². The molecule has 254 valence electrons. The molecule has 1 aromatic heterocycles. The maximum Gasteiger partial charge on any atom is 0.418 e. The van der Waals surface area contributed by atoms with E-state index in [-0.39, 0.29) is 52.7 Å². The highest BCUT2D eigenvalue weighted by Crippen LogP contribution is 2.40. The van der Waals surface area contributed by atoms with Crippen molar-refractivity contribution < 1.29 is 22.8 Å². The van der Waals surface area contributed by atoms with Crippen LogP contribution in [-0.4, -0.2) is 88.4 Å². The van der Waals surface area contributed by atoms with Crippen molar-refractivity contribution in [3.63, 3.8) is 0 Å². The molecular formula is C34H42ClF3N6O3. The summed E-state index contributed by atoms with van der Waals surface area (Å²) in [5.41, 5.74) is 0.540. The highest BCUT2D eigenvalue weighted by Gasteiger charge is 2.37. The van der Waals surface area contributed by atoms with Crippen molar-refractivity contribution in [1.29, 1.82) is 0 Å². The predicted octanol–water partition coefficient (Wildman–Crippen LogP) is 5.54. The molecule has 0 saturated carbocycles. The fourth-order valence-electron chi connectivity index (χ4n) is 7.76. The number of benzene rings is 2. The Morgan fingerprint density at radius 3 is 2.26 bits per heavy atom. The zero-order valence-electron chi connectivity index (χ0n) is 26.6. The van der Waals surface area contributed by atoms with Gasteiger partial charge >= 0.3 is 11.9 Å². The number of rotatable bonds is 8. The molecule has 6 rings (SSSR count). The second kappa shape index (κ2) is 13.9. The third kappa shape index (κ3) is 7.18. The number of likely N-dealkylation sites (tertiary alicyclic amines) is 3. The minimum absolute atomic E-state index is 0.0371. The third-order valence-corrected chi connectivity index (χ3v) is 10.5. The van der Waals surface area contributed by atoms with E-state index in [0.29, 0.717) is 45.1 Å². The van der Waals surface area contributed by atoms with Crippen LogP contribution in [0.5, 0.6) is 0 Å². The van der Waals surface area contributed by atoms with Crippen molar-refractivity contribution >= 4 is 40.1 Å². The van der Waals surface area contributed by atoms with Crippen LogP contribution in [-0.2, 0) is 22.2 Å². The highest BCUT2D eigenvalue weighted by atomic mass is 35.5. The number of halogens is 4. The van der Waals surface area contributed by atoms with Gasteiger partial charge < -0.3 is 25.0 Å². The summed E-state index contributed by atoms with van der Waals surface area (Å²) in [6, 6.07) is 10.3. The van der Waals surface area contributed by atoms with Crippen LogP contribution >= 0.6 is 11.6 Å². The number of hydrogen-bond acceptors (Lipinski definition) is 5. The molecular weight excluding hydrogens is 633 g/mol. The molecule has 2 aromatic carbocycles. The number of H-pyrrole nitrogens is 1. The van der Waals surface area contributed by atoms with Crippen LogP contribution in [0.15, 0.2) is 41.2 Å². The second-order valence-corrected chi connectivity index (χ2v) is 13.5. The lowest BCUT2D eigenvalue weighted by atomic mass is 9.91. The topological polar surface area (TPSA) is 93.7 Å². The van der Waals surface area contributed by atoms with Crippen molar-refractivity contribution in [3.05, 3.63) is 63.0 Å². The van der Waals surface area contributed by atoms with Gasteiger partial charge in [0.1, 0.15) is 0 Å². The Bertz CT molecular complexity index is 1650. The summed E-state index contributed by atoms with van der Waals surface area (Å²) < 4.78 is 43.7. The van der Waals surface area contributed by atoms with Crippen LogP contribution in [0.2, 0.25) is 5.02 Å². The van der Waals surface area contributed by atoms with Crippen molar-refractivity contribution in [3.8, 4) is 0 Å². The molecule has 3 aromatic rings. The van der Waals surface area contributed by atoms with Gasteiger partial charge in [-0.05, 0) is 87.9 Å². The Balaban J connectivity index is 1.18. The van der Waals surface area contributed by atoms with E-state index >= 15 is 0 Å². The number of piperidine rings is 2. The maximum atomic E-state index is 14.0. The number of para-hydroxylation sites is 2. The van der Waals surface area contributed by atoms with Gasteiger partial charge in [-0.1, -0.05) is 23.7 Å². The summed E-state index contributed by atoms with van der Waals surface area (Å²) >= 11 is 6.30. The number of hydrogen-bond donors (Lipinski definition) is 2. The Morgan fingerprint density at radius 1 is 0.957 bits per heavy atom. The maximum absolute atomic E-state index is 14.0. The summed E-state index contributed by atoms with van der Waals surface area (Å²) in [6.45, 7) is 4.10. The number of nitrogens with zero attached hydrogens (tertiary/aromatic N) is 4. The van der Waals surface area contributed by atoms with Crippen molar-refractivity contribution in [2.24, 2.45) is 5.92 Å². The first-order valence-electron chi connectivity index (χ1n) is 16.6. The van der Waals surface area contributed by atoms with Gasteiger partial charge in [0.15, 0.2) is 0 Å². The molecule has 2 N–H and O–H groups in total. The van der Waals surface area contributed by atoms with Crippen LogP contribution < -0.4 is 11.0 Å². The lowest BCUT2D eigenvalue weighted by Crippen LogP contribution is -2.48. The molecule has 0 spiro atoms. The quantitative estimate of drug-likeness (QED) is 0.327. The van der Waals surface area contributed by atoms with E-state index in [2.05, 4.69) is 15.2 Å². The van der Waals surface area contributed by atoms with Gasteiger partial charge in [-0.15, -0.1) is 0 Å². The molecule has 3 saturated heterocycles. The fourth-order valence-corrected chi connectivity index (χ4v) is 8.09. The first kappa shape index (κ1) is 33.4. The number of anilines is 1. The van der Waals surface area contributed by atoms with Gasteiger partial charge in [0.05, 0.1) is 33.2 Å². The number of nitrogens with one attached hydrogen (secondary N) is 2. The second-order valence-electron chi connectivity index (χ2n) is 13.1. The lowest BCUT2D eigenvalue weighted by molar-refractivity contribution is -0.143. The zero-order chi connectivity index (χ0) is 33.3. The van der Waals surface area contributed by atoms with Crippen LogP contribution in [0.4, 0.5) is 18.9 Å². The number of aromatic amines is 1. The minimum atomic E-state index is -4.65. The molecule has 47 heavy (non-hydrogen) atoms. The summed E-state index contributed by atoms with van der Waals surface area (Å²) in [6.07, 6.45) is 0.407. The first-order chi connectivity index (χ1) is 22.5. The number of carbonyl (C=O) groups excluding carboxylic acids is 2. The molecule has 0 radical (unpaired) electrons. The molecule has 4 heterocycles. The van der Waals surface area contributed by atoms with Gasteiger partial charge in [0.25, 0.3) is 0 Å². The van der Waals surface area contributed by atoms with Gasteiger partial charge in [-0.3, -0.25) is 14.2 Å². The number of fused-ring (bicyclic) bond motifs is 1. The Kier molecular flexibility index (Phi) is 9.89. The first-order valence-corrected chi connectivity index (χ1v) is 17.0. The molecule has 3 fully saturated rings. The normalized spacial score (nSPS) is 19.4. The Labute approximate surface area is 277 Å². The Morgan fingerprint density at radius 2 is 1.60 bits per heavy atom. The minimum Gasteiger partial charge on any atom is -0.386 e. The van der Waals surface area contributed by atoms with Crippen LogP contribution in [0.25, 0.3) is 11.0 Å². The highest BCUT2D eigenvalue weighted by molar-refractivity contribution is 6.33. The molecule has 3 aliphatic heterocycles. The Hall–Kier alpha value is -3.51. The number of amides is 2. The molecule has 0 aliphatic carbocycles. The van der Waals surface area contributed by atoms with E-state index in [4.69, 9.17) is 11.6 Å². The van der Waals surface area contributed by atoms with Crippen LogP contribution in [0.1, 0.15) is 62.1 Å². The SMILES string of the molecule is CNc1c(Cl)cc(C[C@@H](CC(=O)N2CCC(n3c(=O)[nH]c4ccccc43)CC2)C(=O)N2CCC(N3CCCC3)CC2)cc1C(F)(F)F. The fraction of sp³-hybridized carbons (Fsp3) is 0.559.